The summed E-state index contributed by atoms with van der Waals surface area (Å²) < 4.78 is 0. The number of carbonyl (C=O) groups excluding carboxylic acids is 2. The minimum Gasteiger partial charge on any atom is -0.506 e. The molecule has 0 aliphatic heterocycles. The summed E-state index contributed by atoms with van der Waals surface area (Å²) in [7, 11) is 0. The van der Waals surface area contributed by atoms with Crippen molar-refractivity contribution in [2.75, 3.05) is 5.32 Å². The summed E-state index contributed by atoms with van der Waals surface area (Å²) in [6.45, 7) is 5.99. The molecule has 0 radical (unpaired) electrons. The zero-order valence-electron chi connectivity index (χ0n) is 17.8. The molecular weight excluding hydrogens is 414 g/mol. The number of nitrogens with one attached hydrogen (secondary N) is 1. The molecule has 1 amide bonds. The number of hydrogen-bond donors (Lipinski definition) is 5. The molecule has 0 saturated heterocycles. The number of phenolic OH excluding ortho intramolecular Hbond substituents is 1. The Bertz CT molecular complexity index is 1060. The number of anilines is 1. The maximum absolute atomic E-state index is 13.0. The highest BCUT2D eigenvalue weighted by Crippen LogP contribution is 2.64. The van der Waals surface area contributed by atoms with Gasteiger partial charge in [-0.05, 0) is 55.7 Å². The Morgan fingerprint density at radius 3 is 2.66 bits per heavy atom. The lowest BCUT2D eigenvalue weighted by Gasteiger charge is -2.61. The van der Waals surface area contributed by atoms with Crippen molar-refractivity contribution in [1.29, 1.82) is 0 Å². The third-order valence-electron chi connectivity index (χ3n) is 7.81. The van der Waals surface area contributed by atoms with Crippen molar-refractivity contribution in [3.05, 3.63) is 42.0 Å². The van der Waals surface area contributed by atoms with Crippen LogP contribution in [0.4, 0.5) is 5.69 Å². The molecule has 5 atom stereocenters. The van der Waals surface area contributed by atoms with Crippen LogP contribution in [0.3, 0.4) is 0 Å². The molecule has 8 heteroatoms. The molecular formula is C24H27NO7. The number of rotatable bonds is 5. The van der Waals surface area contributed by atoms with Gasteiger partial charge in [-0.25, -0.2) is 4.79 Å². The van der Waals surface area contributed by atoms with Crippen molar-refractivity contribution >= 4 is 23.3 Å². The van der Waals surface area contributed by atoms with Crippen LogP contribution >= 0.6 is 0 Å². The Morgan fingerprint density at radius 1 is 1.25 bits per heavy atom. The van der Waals surface area contributed by atoms with Crippen molar-refractivity contribution in [3.63, 3.8) is 0 Å². The van der Waals surface area contributed by atoms with Crippen molar-refractivity contribution in [2.24, 2.45) is 22.7 Å². The first kappa shape index (κ1) is 22.1. The monoisotopic (exact) mass is 441 g/mol. The molecule has 1 aromatic carbocycles. The van der Waals surface area contributed by atoms with E-state index in [0.29, 0.717) is 12.8 Å². The zero-order valence-corrected chi connectivity index (χ0v) is 17.8. The van der Waals surface area contributed by atoms with Gasteiger partial charge in [0.25, 0.3) is 0 Å². The molecule has 5 N–H and O–H groups in total. The van der Waals surface area contributed by atoms with Gasteiger partial charge in [0.15, 0.2) is 11.5 Å². The smallest absolute Gasteiger partial charge is 0.339 e. The van der Waals surface area contributed by atoms with E-state index < -0.39 is 45.9 Å². The predicted octanol–water partition coefficient (Wildman–Crippen LogP) is 2.99. The first-order valence-corrected chi connectivity index (χ1v) is 10.7. The van der Waals surface area contributed by atoms with Gasteiger partial charge in [0, 0.05) is 17.3 Å². The molecule has 0 aromatic heterocycles. The van der Waals surface area contributed by atoms with E-state index >= 15 is 0 Å². The zero-order chi connectivity index (χ0) is 23.4. The maximum Gasteiger partial charge on any atom is 0.339 e. The van der Waals surface area contributed by atoms with Gasteiger partial charge in [-0.15, -0.1) is 0 Å². The molecule has 170 valence electrons. The first-order valence-electron chi connectivity index (χ1n) is 10.7. The third kappa shape index (κ3) is 3.21. The SMILES string of the molecule is C=C1CC23C=CC(=O)C(C)(CCC(=O)Nc4c(O)ccc(C(=O)O)c4O)C2CC1CC3O. The third-order valence-corrected chi connectivity index (χ3v) is 7.81. The summed E-state index contributed by atoms with van der Waals surface area (Å²) in [5.41, 5.74) is -1.16. The summed E-state index contributed by atoms with van der Waals surface area (Å²) in [6.07, 6.45) is 4.89. The molecule has 1 spiro atoms. The lowest BCUT2D eigenvalue weighted by Crippen LogP contribution is -2.59. The Morgan fingerprint density at radius 2 is 1.97 bits per heavy atom. The van der Waals surface area contributed by atoms with Crippen LogP contribution in [0.2, 0.25) is 0 Å². The van der Waals surface area contributed by atoms with E-state index in [1.807, 2.05) is 13.0 Å². The van der Waals surface area contributed by atoms with Gasteiger partial charge < -0.3 is 25.7 Å². The molecule has 4 aliphatic carbocycles. The largest absolute Gasteiger partial charge is 0.506 e. The van der Waals surface area contributed by atoms with Gasteiger partial charge in [0.2, 0.25) is 5.91 Å². The van der Waals surface area contributed by atoms with Crippen molar-refractivity contribution in [2.45, 2.75) is 45.1 Å². The fourth-order valence-corrected chi connectivity index (χ4v) is 5.91. The number of phenols is 2. The van der Waals surface area contributed by atoms with Gasteiger partial charge in [0.1, 0.15) is 17.0 Å². The van der Waals surface area contributed by atoms with Crippen LogP contribution in [0.25, 0.3) is 0 Å². The van der Waals surface area contributed by atoms with Crippen molar-refractivity contribution in [1.82, 2.24) is 0 Å². The Hall–Kier alpha value is -3.13. The number of ketones is 1. The maximum atomic E-state index is 13.0. The standard InChI is InChI=1S/C24H27NO7/c1-12-11-24-8-5-17(27)23(2,16(24)9-13(12)10-18(24)28)7-6-19(29)25-20-15(26)4-3-14(21(20)30)22(31)32/h3-5,8,13,16,18,26,28,30H,1,6-7,9-11H2,2H3,(H,25,29)(H,31,32). The number of allylic oxidation sites excluding steroid dienone is 2. The van der Waals surface area contributed by atoms with E-state index in [2.05, 4.69) is 11.9 Å². The number of carboxylic acid groups (broad SMARTS) is 1. The molecule has 0 heterocycles. The Balaban J connectivity index is 1.54. The van der Waals surface area contributed by atoms with Crippen LogP contribution in [0.15, 0.2) is 36.4 Å². The molecule has 5 rings (SSSR count). The van der Waals surface area contributed by atoms with Crippen LogP contribution in [0.1, 0.15) is 49.4 Å². The van der Waals surface area contributed by atoms with Gasteiger partial charge in [0.05, 0.1) is 6.10 Å². The number of carbonyl (C=O) groups is 3. The fraction of sp³-hybridized carbons (Fsp3) is 0.458. The molecule has 2 bridgehead atoms. The second kappa shape index (κ2) is 7.48. The summed E-state index contributed by atoms with van der Waals surface area (Å²) in [5, 5.41) is 42.4. The topological polar surface area (TPSA) is 144 Å². The lowest BCUT2D eigenvalue weighted by molar-refractivity contribution is -0.148. The number of carboxylic acids is 1. The average molecular weight is 441 g/mol. The molecule has 8 nitrogen and oxygen atoms in total. The van der Waals surface area contributed by atoms with E-state index in [-0.39, 0.29) is 36.1 Å². The Labute approximate surface area is 185 Å². The Kier molecular flexibility index (Phi) is 5.16. The number of amides is 1. The highest BCUT2D eigenvalue weighted by molar-refractivity contribution is 6.00. The van der Waals surface area contributed by atoms with Gasteiger partial charge in [-0.2, -0.15) is 0 Å². The quantitative estimate of drug-likeness (QED) is 0.349. The molecule has 3 saturated carbocycles. The second-order valence-corrected chi connectivity index (χ2v) is 9.51. The van der Waals surface area contributed by atoms with Gasteiger partial charge in [-0.3, -0.25) is 9.59 Å². The summed E-state index contributed by atoms with van der Waals surface area (Å²) >= 11 is 0. The van der Waals surface area contributed by atoms with E-state index in [1.54, 1.807) is 0 Å². The second-order valence-electron chi connectivity index (χ2n) is 9.51. The minimum absolute atomic E-state index is 0.0828. The fourth-order valence-electron chi connectivity index (χ4n) is 5.91. The summed E-state index contributed by atoms with van der Waals surface area (Å²) in [4.78, 5) is 36.8. The highest BCUT2D eigenvalue weighted by atomic mass is 16.4. The van der Waals surface area contributed by atoms with Crippen LogP contribution in [0, 0.1) is 22.7 Å². The first-order chi connectivity index (χ1) is 15.0. The number of benzene rings is 1. The van der Waals surface area contributed by atoms with Crippen molar-refractivity contribution in [3.8, 4) is 11.5 Å². The van der Waals surface area contributed by atoms with E-state index in [1.165, 1.54) is 6.08 Å². The number of aliphatic hydroxyl groups excluding tert-OH is 1. The van der Waals surface area contributed by atoms with Crippen LogP contribution in [0.5, 0.6) is 11.5 Å². The van der Waals surface area contributed by atoms with Crippen LogP contribution in [-0.2, 0) is 9.59 Å². The van der Waals surface area contributed by atoms with Crippen molar-refractivity contribution < 1.29 is 34.8 Å². The average Bonchev–Trinajstić information content (AvgIpc) is 2.73. The van der Waals surface area contributed by atoms with E-state index in [4.69, 9.17) is 5.11 Å². The molecule has 1 aromatic rings. The number of fused-ring (bicyclic) bond motifs is 2. The number of aliphatic hydroxyl groups is 1. The summed E-state index contributed by atoms with van der Waals surface area (Å²) in [5.74, 6) is -3.24. The predicted molar refractivity (Wildman–Crippen MR) is 115 cm³/mol. The molecule has 3 fully saturated rings. The van der Waals surface area contributed by atoms with Crippen LogP contribution in [-0.4, -0.2) is 44.2 Å². The number of hydrogen-bond acceptors (Lipinski definition) is 6. The molecule has 32 heavy (non-hydrogen) atoms. The van der Waals surface area contributed by atoms with Crippen LogP contribution < -0.4 is 5.32 Å². The number of aromatic hydroxyl groups is 2. The highest BCUT2D eigenvalue weighted by Gasteiger charge is 2.61. The van der Waals surface area contributed by atoms with E-state index in [9.17, 15) is 29.7 Å². The molecule has 5 unspecified atom stereocenters. The normalized spacial score (nSPS) is 33.1. The van der Waals surface area contributed by atoms with Gasteiger partial charge >= 0.3 is 5.97 Å². The van der Waals surface area contributed by atoms with E-state index in [0.717, 1.165) is 24.1 Å². The molecule has 4 aliphatic rings. The minimum atomic E-state index is -1.40. The summed E-state index contributed by atoms with van der Waals surface area (Å²) in [6, 6.07) is 2.11. The van der Waals surface area contributed by atoms with Gasteiger partial charge in [-0.1, -0.05) is 25.2 Å². The number of aromatic carboxylic acids is 1. The lowest BCUT2D eigenvalue weighted by atomic mass is 9.43.